The normalized spacial score (nSPS) is 11.6. The monoisotopic (exact) mass is 477 g/mol. The highest BCUT2D eigenvalue weighted by Crippen LogP contribution is 2.29. The molecule has 0 radical (unpaired) electrons. The summed E-state index contributed by atoms with van der Waals surface area (Å²) in [7, 11) is 0. The van der Waals surface area contributed by atoms with E-state index in [4.69, 9.17) is 0 Å². The zero-order valence-corrected chi connectivity index (χ0v) is 18.1. The van der Waals surface area contributed by atoms with Gasteiger partial charge in [-0.3, -0.25) is 14.3 Å². The molecule has 3 heterocycles. The molecule has 0 fully saturated rings. The van der Waals surface area contributed by atoms with E-state index in [1.165, 1.54) is 35.4 Å². The van der Waals surface area contributed by atoms with Crippen LogP contribution in [-0.2, 0) is 12.7 Å². The van der Waals surface area contributed by atoms with Crippen LogP contribution in [0.3, 0.4) is 0 Å². The van der Waals surface area contributed by atoms with Crippen LogP contribution in [0.2, 0.25) is 0 Å². The number of nitrogens with one attached hydrogen (secondary N) is 3. The van der Waals surface area contributed by atoms with Gasteiger partial charge in [-0.2, -0.15) is 18.3 Å². The average molecular weight is 477 g/mol. The number of nitrogens with zero attached hydrogens (tertiary/aromatic N) is 2. The molecule has 3 N–H and O–H groups in total. The summed E-state index contributed by atoms with van der Waals surface area (Å²) in [5, 5.41) is 7.80. The summed E-state index contributed by atoms with van der Waals surface area (Å²) >= 11 is 0. The molecule has 0 saturated heterocycles. The predicted octanol–water partition coefficient (Wildman–Crippen LogP) is 5.04. The quantitative estimate of drug-likeness (QED) is 0.331. The van der Waals surface area contributed by atoms with Crippen molar-refractivity contribution >= 4 is 22.5 Å². The lowest BCUT2D eigenvalue weighted by molar-refractivity contribution is -0.137. The van der Waals surface area contributed by atoms with Crippen molar-refractivity contribution in [1.82, 2.24) is 19.7 Å². The fourth-order valence-electron chi connectivity index (χ4n) is 3.73. The third-order valence-corrected chi connectivity index (χ3v) is 5.50. The number of amides is 1. The first-order chi connectivity index (χ1) is 16.8. The van der Waals surface area contributed by atoms with Crippen molar-refractivity contribution in [2.45, 2.75) is 12.7 Å². The molecule has 0 atom stereocenters. The zero-order valence-electron chi connectivity index (χ0n) is 18.1. The predicted molar refractivity (Wildman–Crippen MR) is 125 cm³/mol. The average Bonchev–Trinajstić information content (AvgIpc) is 3.47. The molecule has 35 heavy (non-hydrogen) atoms. The topological polar surface area (TPSA) is 95.6 Å². The van der Waals surface area contributed by atoms with E-state index in [9.17, 15) is 22.8 Å². The number of hydrogen-bond acceptors (Lipinski definition) is 3. The molecule has 0 aliphatic heterocycles. The Hall–Kier alpha value is -4.60. The Morgan fingerprint density at radius 2 is 1.83 bits per heavy atom. The first kappa shape index (κ1) is 22.2. The summed E-state index contributed by atoms with van der Waals surface area (Å²) in [5.74, 6) is -0.446. The molecule has 3 aromatic heterocycles. The number of aromatic nitrogens is 4. The maximum atomic E-state index is 12.7. The van der Waals surface area contributed by atoms with Crippen molar-refractivity contribution in [3.63, 3.8) is 0 Å². The second kappa shape index (κ2) is 8.64. The summed E-state index contributed by atoms with van der Waals surface area (Å²) < 4.78 is 39.6. The summed E-state index contributed by atoms with van der Waals surface area (Å²) in [5.41, 5.74) is 2.10. The first-order valence-electron chi connectivity index (χ1n) is 10.6. The van der Waals surface area contributed by atoms with E-state index < -0.39 is 17.6 Å². The largest absolute Gasteiger partial charge is 0.416 e. The van der Waals surface area contributed by atoms with Crippen LogP contribution >= 0.6 is 0 Å². The Labute approximate surface area is 196 Å². The molecule has 1 amide bonds. The van der Waals surface area contributed by atoms with Crippen molar-refractivity contribution in [3.05, 3.63) is 106 Å². The second-order valence-corrected chi connectivity index (χ2v) is 7.98. The van der Waals surface area contributed by atoms with Crippen LogP contribution in [0.15, 0.2) is 84.0 Å². The molecule has 0 aliphatic carbocycles. The van der Waals surface area contributed by atoms with Gasteiger partial charge in [0, 0.05) is 23.3 Å². The van der Waals surface area contributed by atoms with Gasteiger partial charge < -0.3 is 15.3 Å². The van der Waals surface area contributed by atoms with Crippen LogP contribution < -0.4 is 10.9 Å². The molecule has 0 unspecified atom stereocenters. The maximum Gasteiger partial charge on any atom is 0.416 e. The van der Waals surface area contributed by atoms with Crippen LogP contribution in [0.4, 0.5) is 18.9 Å². The molecule has 7 nitrogen and oxygen atoms in total. The van der Waals surface area contributed by atoms with E-state index in [0.717, 1.165) is 23.0 Å². The number of pyridine rings is 1. The van der Waals surface area contributed by atoms with Crippen LogP contribution in [0.5, 0.6) is 0 Å². The molecule has 10 heteroatoms. The van der Waals surface area contributed by atoms with Gasteiger partial charge in [0.2, 0.25) is 0 Å². The number of alkyl halides is 3. The van der Waals surface area contributed by atoms with E-state index in [0.29, 0.717) is 22.5 Å². The highest BCUT2D eigenvalue weighted by Gasteiger charge is 2.29. The van der Waals surface area contributed by atoms with Crippen LogP contribution in [-0.4, -0.2) is 25.7 Å². The standard InChI is InChI=1S/C25H18F3N5O2/c26-25(27,28)18-7-5-15(6-8-18)13-33-14-17(11-30-33)23(34)31-19-10-20(24(35)29-12-19)22-9-16-3-1-2-4-21(16)32-22/h1-12,14,32H,13H2,(H,29,35)(H,31,34). The molecule has 0 bridgehead atoms. The summed E-state index contributed by atoms with van der Waals surface area (Å²) in [6.45, 7) is 0.203. The minimum absolute atomic E-state index is 0.203. The van der Waals surface area contributed by atoms with Crippen LogP contribution in [0.25, 0.3) is 22.2 Å². The van der Waals surface area contributed by atoms with Crippen molar-refractivity contribution in [2.75, 3.05) is 5.32 Å². The number of rotatable bonds is 5. The van der Waals surface area contributed by atoms with Gasteiger partial charge in [0.05, 0.1) is 40.8 Å². The van der Waals surface area contributed by atoms with E-state index in [-0.39, 0.29) is 17.7 Å². The van der Waals surface area contributed by atoms with Crippen molar-refractivity contribution in [3.8, 4) is 11.3 Å². The number of hydrogen-bond donors (Lipinski definition) is 3. The number of benzene rings is 2. The van der Waals surface area contributed by atoms with Crippen molar-refractivity contribution < 1.29 is 18.0 Å². The Balaban J connectivity index is 1.31. The fourth-order valence-corrected chi connectivity index (χ4v) is 3.73. The highest BCUT2D eigenvalue weighted by molar-refractivity contribution is 6.04. The number of para-hydroxylation sites is 1. The lowest BCUT2D eigenvalue weighted by Gasteiger charge is -2.07. The number of halogens is 3. The number of carbonyl (C=O) groups excluding carboxylic acids is 1. The molecule has 0 spiro atoms. The Morgan fingerprint density at radius 3 is 2.57 bits per heavy atom. The minimum atomic E-state index is -4.40. The number of H-pyrrole nitrogens is 2. The van der Waals surface area contributed by atoms with Gasteiger partial charge in [-0.1, -0.05) is 30.3 Å². The Kier molecular flexibility index (Phi) is 5.48. The Bertz CT molecular complexity index is 1550. The molecule has 176 valence electrons. The molecule has 5 aromatic rings. The lowest BCUT2D eigenvalue weighted by atomic mass is 10.1. The number of fused-ring (bicyclic) bond motifs is 1. The molecule has 0 saturated carbocycles. The molecular weight excluding hydrogens is 459 g/mol. The highest BCUT2D eigenvalue weighted by atomic mass is 19.4. The van der Waals surface area contributed by atoms with Crippen LogP contribution in [0.1, 0.15) is 21.5 Å². The van der Waals surface area contributed by atoms with Gasteiger partial charge in [0.15, 0.2) is 0 Å². The van der Waals surface area contributed by atoms with Gasteiger partial charge in [-0.25, -0.2) is 0 Å². The number of aromatic amines is 2. The lowest BCUT2D eigenvalue weighted by Crippen LogP contribution is -2.15. The second-order valence-electron chi connectivity index (χ2n) is 7.98. The van der Waals surface area contributed by atoms with Gasteiger partial charge in [0.1, 0.15) is 0 Å². The van der Waals surface area contributed by atoms with E-state index in [1.54, 1.807) is 6.07 Å². The van der Waals surface area contributed by atoms with Gasteiger partial charge in [-0.05, 0) is 35.9 Å². The number of anilines is 1. The molecule has 2 aromatic carbocycles. The van der Waals surface area contributed by atoms with Gasteiger partial charge in [0.25, 0.3) is 11.5 Å². The summed E-state index contributed by atoms with van der Waals surface area (Å²) in [6, 6.07) is 15.8. The third kappa shape index (κ3) is 4.72. The molecule has 0 aliphatic rings. The summed E-state index contributed by atoms with van der Waals surface area (Å²) in [6.07, 6.45) is -0.134. The van der Waals surface area contributed by atoms with Crippen molar-refractivity contribution in [2.24, 2.45) is 0 Å². The smallest absolute Gasteiger partial charge is 0.354 e. The summed E-state index contributed by atoms with van der Waals surface area (Å²) in [4.78, 5) is 30.9. The number of carbonyl (C=O) groups is 1. The minimum Gasteiger partial charge on any atom is -0.354 e. The van der Waals surface area contributed by atoms with Crippen LogP contribution in [0, 0.1) is 0 Å². The van der Waals surface area contributed by atoms with Gasteiger partial charge >= 0.3 is 6.18 Å². The van der Waals surface area contributed by atoms with E-state index in [2.05, 4.69) is 20.4 Å². The molecule has 5 rings (SSSR count). The fraction of sp³-hybridized carbons (Fsp3) is 0.0800. The van der Waals surface area contributed by atoms with E-state index >= 15 is 0 Å². The zero-order chi connectivity index (χ0) is 24.6. The van der Waals surface area contributed by atoms with Crippen molar-refractivity contribution in [1.29, 1.82) is 0 Å². The Morgan fingerprint density at radius 1 is 1.06 bits per heavy atom. The van der Waals surface area contributed by atoms with Gasteiger partial charge in [-0.15, -0.1) is 0 Å². The SMILES string of the molecule is O=C(Nc1c[nH]c(=O)c(-c2cc3ccccc3[nH]2)c1)c1cnn(Cc2ccc(C(F)(F)F)cc2)c1. The van der Waals surface area contributed by atoms with E-state index in [1.807, 2.05) is 30.3 Å². The first-order valence-corrected chi connectivity index (χ1v) is 10.6. The third-order valence-electron chi connectivity index (χ3n) is 5.50. The molecular formula is C25H18F3N5O2. The maximum absolute atomic E-state index is 12.7.